The van der Waals surface area contributed by atoms with Crippen LogP contribution in [0.2, 0.25) is 0 Å². The van der Waals surface area contributed by atoms with Crippen molar-refractivity contribution in [3.8, 4) is 0 Å². The molecule has 3 rings (SSSR count). The quantitative estimate of drug-likeness (QED) is 0.585. The van der Waals surface area contributed by atoms with E-state index < -0.39 is 5.91 Å². The van der Waals surface area contributed by atoms with Crippen LogP contribution in [0.25, 0.3) is 10.2 Å². The number of nitrogens with zero attached hydrogens (tertiary/aromatic N) is 3. The number of carbonyl (C=O) groups excluding carboxylic acids is 2. The van der Waals surface area contributed by atoms with Crippen molar-refractivity contribution in [3.63, 3.8) is 0 Å². The Morgan fingerprint density at radius 2 is 2.19 bits per heavy atom. The molecule has 1 aromatic carbocycles. The number of thioether (sulfide) groups is 1. The van der Waals surface area contributed by atoms with E-state index in [2.05, 4.69) is 10.1 Å². The number of fused-ring (bicyclic) bond motifs is 1. The van der Waals surface area contributed by atoms with Gasteiger partial charge in [-0.2, -0.15) is 16.8 Å². The first kappa shape index (κ1) is 19.4. The number of benzene rings is 1. The molecule has 7 nitrogen and oxygen atoms in total. The Bertz CT molecular complexity index is 1050. The molecular formula is C18H19N3O4S2. The molecule has 0 saturated carbocycles. The summed E-state index contributed by atoms with van der Waals surface area (Å²) in [6.07, 6.45) is 2.02. The summed E-state index contributed by atoms with van der Waals surface area (Å²) >= 11 is 3.06. The number of carbonyl (C=O) groups is 2. The fourth-order valence-corrected chi connectivity index (χ4v) is 3.96. The maximum absolute atomic E-state index is 12.4. The van der Waals surface area contributed by atoms with Crippen LogP contribution in [0.15, 0.2) is 33.8 Å². The number of esters is 1. The highest BCUT2D eigenvalue weighted by molar-refractivity contribution is 7.98. The average Bonchev–Trinajstić information content (AvgIpc) is 3.23. The van der Waals surface area contributed by atoms with E-state index in [1.54, 1.807) is 43.8 Å². The molecule has 0 atom stereocenters. The average molecular weight is 406 g/mol. The van der Waals surface area contributed by atoms with Gasteiger partial charge in [-0.15, -0.1) is 0 Å². The van der Waals surface area contributed by atoms with Crippen molar-refractivity contribution in [3.05, 3.63) is 46.1 Å². The minimum absolute atomic E-state index is 0.105. The highest BCUT2D eigenvalue weighted by Crippen LogP contribution is 2.20. The zero-order valence-electron chi connectivity index (χ0n) is 15.2. The number of amides is 1. The first-order valence-corrected chi connectivity index (χ1v) is 10.6. The molecule has 0 spiro atoms. The molecule has 0 aliphatic carbocycles. The van der Waals surface area contributed by atoms with Gasteiger partial charge in [-0.25, -0.2) is 4.79 Å². The third-order valence-corrected chi connectivity index (χ3v) is 5.38. The number of hydrogen-bond donors (Lipinski definition) is 0. The fraction of sp³-hybridized carbons (Fsp3) is 0.333. The van der Waals surface area contributed by atoms with Crippen LogP contribution in [0.3, 0.4) is 0 Å². The summed E-state index contributed by atoms with van der Waals surface area (Å²) in [4.78, 5) is 29.2. The smallest absolute Gasteiger partial charge is 0.338 e. The van der Waals surface area contributed by atoms with Crippen LogP contribution in [0.4, 0.5) is 0 Å². The highest BCUT2D eigenvalue weighted by Gasteiger charge is 2.14. The SMILES string of the molecule is CCOC(=O)c1ccc2c(c1)sc(=NC(=O)c1cc(C)no1)n2CCSC. The van der Waals surface area contributed by atoms with Crippen LogP contribution in [0.1, 0.15) is 33.5 Å². The Labute approximate surface area is 164 Å². The monoisotopic (exact) mass is 405 g/mol. The van der Waals surface area contributed by atoms with E-state index in [0.29, 0.717) is 29.2 Å². The van der Waals surface area contributed by atoms with Crippen molar-refractivity contribution in [2.75, 3.05) is 18.6 Å². The maximum atomic E-state index is 12.4. The van der Waals surface area contributed by atoms with Gasteiger partial charge >= 0.3 is 11.9 Å². The minimum Gasteiger partial charge on any atom is -0.462 e. The van der Waals surface area contributed by atoms with Crippen molar-refractivity contribution < 1.29 is 18.8 Å². The second-order valence-electron chi connectivity index (χ2n) is 5.68. The Kier molecular flexibility index (Phi) is 6.12. The lowest BCUT2D eigenvalue weighted by molar-refractivity contribution is 0.0526. The van der Waals surface area contributed by atoms with Crippen LogP contribution in [0, 0.1) is 6.92 Å². The summed E-state index contributed by atoms with van der Waals surface area (Å²) in [5, 5.41) is 3.73. The zero-order valence-corrected chi connectivity index (χ0v) is 16.9. The van der Waals surface area contributed by atoms with E-state index in [4.69, 9.17) is 9.26 Å². The van der Waals surface area contributed by atoms with Gasteiger partial charge in [-0.3, -0.25) is 4.79 Å². The van der Waals surface area contributed by atoms with E-state index in [0.717, 1.165) is 16.0 Å². The van der Waals surface area contributed by atoms with Gasteiger partial charge in [-0.05, 0) is 38.3 Å². The van der Waals surface area contributed by atoms with E-state index in [1.165, 1.54) is 11.3 Å². The number of rotatable bonds is 6. The zero-order chi connectivity index (χ0) is 19.4. The van der Waals surface area contributed by atoms with Crippen molar-refractivity contribution in [1.29, 1.82) is 0 Å². The Morgan fingerprint density at radius 1 is 1.37 bits per heavy atom. The molecule has 2 aromatic heterocycles. The Hall–Kier alpha value is -2.39. The molecule has 3 aromatic rings. The fourth-order valence-electron chi connectivity index (χ4n) is 2.50. The molecule has 0 unspecified atom stereocenters. The predicted molar refractivity (Wildman–Crippen MR) is 105 cm³/mol. The van der Waals surface area contributed by atoms with Gasteiger partial charge in [0, 0.05) is 18.4 Å². The highest BCUT2D eigenvalue weighted by atomic mass is 32.2. The van der Waals surface area contributed by atoms with Gasteiger partial charge in [0.1, 0.15) is 0 Å². The molecule has 0 aliphatic rings. The van der Waals surface area contributed by atoms with Gasteiger partial charge in [0.05, 0.1) is 28.1 Å². The van der Waals surface area contributed by atoms with Gasteiger partial charge in [0.15, 0.2) is 4.80 Å². The molecule has 142 valence electrons. The standard InChI is InChI=1S/C18H19N3O4S2/c1-4-24-17(23)12-5-6-13-15(10-12)27-18(21(13)7-8-26-3)19-16(22)14-9-11(2)20-25-14/h5-6,9-10H,4,7-8H2,1-3H3. The van der Waals surface area contributed by atoms with Crippen molar-refractivity contribution in [2.45, 2.75) is 20.4 Å². The third kappa shape index (κ3) is 4.30. The lowest BCUT2D eigenvalue weighted by Gasteiger charge is -2.05. The number of hydrogen-bond acceptors (Lipinski definition) is 7. The van der Waals surface area contributed by atoms with Gasteiger partial charge in [0.25, 0.3) is 0 Å². The van der Waals surface area contributed by atoms with Crippen molar-refractivity contribution >= 4 is 45.2 Å². The van der Waals surface area contributed by atoms with E-state index in [-0.39, 0.29) is 11.7 Å². The normalized spacial score (nSPS) is 11.9. The summed E-state index contributed by atoms with van der Waals surface area (Å²) in [5.74, 6) is 0.128. The van der Waals surface area contributed by atoms with Crippen LogP contribution >= 0.6 is 23.1 Å². The first-order valence-electron chi connectivity index (χ1n) is 8.35. The van der Waals surface area contributed by atoms with Crippen molar-refractivity contribution in [1.82, 2.24) is 9.72 Å². The van der Waals surface area contributed by atoms with Crippen LogP contribution in [-0.4, -0.2) is 40.2 Å². The molecule has 9 heteroatoms. The van der Waals surface area contributed by atoms with Crippen LogP contribution in [0.5, 0.6) is 0 Å². The Morgan fingerprint density at radius 3 is 2.85 bits per heavy atom. The topological polar surface area (TPSA) is 86.7 Å². The number of ether oxygens (including phenoxy) is 1. The maximum Gasteiger partial charge on any atom is 0.338 e. The Balaban J connectivity index is 2.08. The van der Waals surface area contributed by atoms with E-state index in [1.807, 2.05) is 16.9 Å². The summed E-state index contributed by atoms with van der Waals surface area (Å²) < 4.78 is 12.9. The molecule has 0 bridgehead atoms. The lowest BCUT2D eigenvalue weighted by atomic mass is 10.2. The third-order valence-electron chi connectivity index (χ3n) is 3.75. The molecule has 0 fully saturated rings. The first-order chi connectivity index (χ1) is 13.0. The lowest BCUT2D eigenvalue weighted by Crippen LogP contribution is -2.18. The minimum atomic E-state index is -0.481. The van der Waals surface area contributed by atoms with Gasteiger partial charge < -0.3 is 13.8 Å². The van der Waals surface area contributed by atoms with Crippen LogP contribution in [-0.2, 0) is 11.3 Å². The molecular weight excluding hydrogens is 386 g/mol. The molecule has 0 radical (unpaired) electrons. The second-order valence-corrected chi connectivity index (χ2v) is 7.68. The predicted octanol–water partition coefficient (Wildman–Crippen LogP) is 3.28. The summed E-state index contributed by atoms with van der Waals surface area (Å²) in [5.41, 5.74) is 2.02. The number of thiazole rings is 1. The summed E-state index contributed by atoms with van der Waals surface area (Å²) in [7, 11) is 0. The van der Waals surface area contributed by atoms with Crippen LogP contribution < -0.4 is 4.80 Å². The molecule has 0 aliphatic heterocycles. The van der Waals surface area contributed by atoms with E-state index in [9.17, 15) is 9.59 Å². The molecule has 0 saturated heterocycles. The second kappa shape index (κ2) is 8.53. The van der Waals surface area contributed by atoms with Gasteiger partial charge in [0.2, 0.25) is 5.76 Å². The summed E-state index contributed by atoms with van der Waals surface area (Å²) in [6.45, 7) is 4.53. The number of aryl methyl sites for hydroxylation is 2. The molecule has 0 N–H and O–H groups in total. The molecule has 1 amide bonds. The largest absolute Gasteiger partial charge is 0.462 e. The summed E-state index contributed by atoms with van der Waals surface area (Å²) in [6, 6.07) is 6.93. The van der Waals surface area contributed by atoms with Crippen molar-refractivity contribution in [2.24, 2.45) is 4.99 Å². The number of aromatic nitrogens is 2. The van der Waals surface area contributed by atoms with Gasteiger partial charge in [-0.1, -0.05) is 16.5 Å². The molecule has 2 heterocycles. The molecule has 27 heavy (non-hydrogen) atoms. The van der Waals surface area contributed by atoms with E-state index >= 15 is 0 Å².